The number of nitrogens with two attached hydrogens (primary N) is 1. The molecule has 0 saturated heterocycles. The summed E-state index contributed by atoms with van der Waals surface area (Å²) in [5.41, 5.74) is 7.24. The normalized spacial score (nSPS) is 11.0. The highest BCUT2D eigenvalue weighted by atomic mass is 35.5. The molecule has 6 N–H and O–H groups in total. The van der Waals surface area contributed by atoms with E-state index in [4.69, 9.17) is 59.3 Å². The monoisotopic (exact) mass is 1470 g/mol. The molecule has 12 rings (SSSR count). The molecule has 7 heterocycles. The van der Waals surface area contributed by atoms with Crippen LogP contribution in [0.5, 0.6) is 46.5 Å². The number of carbonyl (C=O) groups is 4. The summed E-state index contributed by atoms with van der Waals surface area (Å²) in [6, 6.07) is 40.8. The van der Waals surface area contributed by atoms with E-state index in [1.807, 2.05) is 20.2 Å². The van der Waals surface area contributed by atoms with E-state index < -0.39 is 46.2 Å². The van der Waals surface area contributed by atoms with Crippen LogP contribution in [-0.2, 0) is 15.7 Å². The van der Waals surface area contributed by atoms with E-state index in [9.17, 15) is 32.3 Å². The predicted octanol–water partition coefficient (Wildman–Crippen LogP) is 16.9. The predicted molar refractivity (Wildman–Crippen MR) is 381 cm³/mol. The number of ether oxygens (including phenoxy) is 6. The van der Waals surface area contributed by atoms with Gasteiger partial charge in [-0.2, -0.15) is 13.2 Å². The summed E-state index contributed by atoms with van der Waals surface area (Å²) in [7, 11) is 3.63. The molecule has 0 bridgehead atoms. The van der Waals surface area contributed by atoms with Crippen LogP contribution in [-0.4, -0.2) is 110 Å². The average Bonchev–Trinajstić information content (AvgIpc) is 0.916. The van der Waals surface area contributed by atoms with Crippen molar-refractivity contribution >= 4 is 64.0 Å². The van der Waals surface area contributed by atoms with Gasteiger partial charge in [0.15, 0.2) is 17.3 Å². The Bertz CT molecular complexity index is 4950. The number of nitrogens with zero attached hydrogens (tertiary/aromatic N) is 12. The van der Waals surface area contributed by atoms with E-state index in [1.54, 1.807) is 180 Å². The number of allylic oxidation sites excluding steroid dienone is 1. The number of rotatable bonds is 18. The number of aromatic nitrogens is 11. The first kappa shape index (κ1) is 76.3. The van der Waals surface area contributed by atoms with Crippen LogP contribution in [0.1, 0.15) is 57.6 Å². The van der Waals surface area contributed by atoms with Gasteiger partial charge in [-0.15, -0.1) is 0 Å². The Morgan fingerprint density at radius 2 is 0.840 bits per heavy atom. The molecule has 0 radical (unpaired) electrons. The second kappa shape index (κ2) is 35.6. The minimum absolute atomic E-state index is 0.0717. The summed E-state index contributed by atoms with van der Waals surface area (Å²) in [4.78, 5) is 82.3. The molecule has 0 atom stereocenters. The van der Waals surface area contributed by atoms with Gasteiger partial charge >= 0.3 is 24.4 Å². The lowest BCUT2D eigenvalue weighted by Gasteiger charge is -2.19. The van der Waals surface area contributed by atoms with Crippen LogP contribution in [0.15, 0.2) is 227 Å². The van der Waals surface area contributed by atoms with Crippen molar-refractivity contribution in [2.45, 2.75) is 58.9 Å². The zero-order valence-electron chi connectivity index (χ0n) is 57.5. The van der Waals surface area contributed by atoms with E-state index in [1.165, 1.54) is 62.0 Å². The van der Waals surface area contributed by atoms with Crippen molar-refractivity contribution in [1.29, 1.82) is 0 Å². The van der Waals surface area contributed by atoms with Crippen LogP contribution in [0.4, 0.5) is 56.0 Å². The number of ketones is 1. The minimum atomic E-state index is -4.65. The number of carbonyl (C=O) groups excluding carboxylic acids is 4. The van der Waals surface area contributed by atoms with Crippen LogP contribution >= 0.6 is 11.6 Å². The van der Waals surface area contributed by atoms with Gasteiger partial charge in [0, 0.05) is 122 Å². The van der Waals surface area contributed by atoms with Crippen LogP contribution in [0, 0.1) is 0 Å². The zero-order chi connectivity index (χ0) is 75.8. The van der Waals surface area contributed by atoms with Gasteiger partial charge in [0.25, 0.3) is 0 Å². The molecule has 0 aliphatic heterocycles. The molecule has 4 amide bonds. The third kappa shape index (κ3) is 25.0. The molecule has 7 aromatic heterocycles. The number of urea groups is 1. The quantitative estimate of drug-likeness (QED) is 0.0302. The summed E-state index contributed by atoms with van der Waals surface area (Å²) in [5, 5.41) is 20.6. The second-order valence-electron chi connectivity index (χ2n) is 23.8. The van der Waals surface area contributed by atoms with Crippen molar-refractivity contribution in [3.63, 3.8) is 0 Å². The van der Waals surface area contributed by atoms with Crippen molar-refractivity contribution < 1.29 is 74.3 Å². The maximum atomic E-state index is 13.0. The SMILES string of the molecule is CC(C)(C)OC(=O)Nc1cccc(Oc2cc(-c3ccno3)ncn2)c1.CN(C)/C=C/C(=O)c1cc(Oc2cccc(NC(=O)OC(C)(C)C)c2)ncn1.Nc1cccc(Oc2cc(-c3ccno3)ncn2)c1.O=C(Nc1cccc(Oc2cc(-c3ccno3)ncn2)c1)Nc1ccc(Cl)c(C(F)(F)F)c1. The molecule has 0 saturated carbocycles. The summed E-state index contributed by atoms with van der Waals surface area (Å²) in [5.74, 6) is 4.32. The number of alkyl halides is 3. The van der Waals surface area contributed by atoms with Crippen molar-refractivity contribution in [3.05, 3.63) is 230 Å². The lowest BCUT2D eigenvalue weighted by atomic mass is 10.2. The fraction of sp³-hybridized carbons (Fsp3) is 0.153. The summed E-state index contributed by atoms with van der Waals surface area (Å²) in [6.45, 7) is 10.8. The molecule has 0 aliphatic carbocycles. The standard InChI is InChI=1S/C21H13ClF3N5O3.C20H24N4O4.C18H18N4O4.C13H10N4O2/c22-16-5-4-13(9-15(16)21(23,24)25)30-20(31)29-12-2-1-3-14(8-12)32-19-10-17(26-11-27-19)18-6-7-28-33-18;1-20(2,3)28-19(26)23-14-7-6-8-15(11-14)27-18-12-16(21-13-22-18)17(25)9-10-24(4)5;1-18(2,3)25-17(23)22-12-5-4-6-13(9-12)24-16-10-14(19-11-20-16)15-7-8-21-26-15;14-9-2-1-3-10(6-9)18-13-7-11(15-8-16-13)12-4-5-17-19-12/h1-11H,(H2,29,30,31);6-13H,1-5H3,(H,23,26);4-11H,1-3H3,(H,22,23);1-8H,14H2/b;10-9+;;. The number of hydrogen-bond donors (Lipinski definition) is 5. The van der Waals surface area contributed by atoms with Crippen molar-refractivity contribution in [2.75, 3.05) is 41.1 Å². The van der Waals surface area contributed by atoms with Gasteiger partial charge in [-0.1, -0.05) is 51.3 Å². The summed E-state index contributed by atoms with van der Waals surface area (Å²) in [6.07, 6.45) is 7.19. The van der Waals surface area contributed by atoms with Gasteiger partial charge in [0.1, 0.15) is 82.3 Å². The highest BCUT2D eigenvalue weighted by Gasteiger charge is 2.33. The Balaban J connectivity index is 0.000000166. The Morgan fingerprint density at radius 3 is 1.22 bits per heavy atom. The fourth-order valence-corrected chi connectivity index (χ4v) is 8.62. The van der Waals surface area contributed by atoms with Gasteiger partial charge < -0.3 is 63.3 Å². The molecule has 0 aliphatic rings. The number of halogens is 4. The average molecular weight is 1470 g/mol. The lowest BCUT2D eigenvalue weighted by Crippen LogP contribution is -2.27. The second-order valence-corrected chi connectivity index (χ2v) is 24.2. The third-order valence-electron chi connectivity index (χ3n) is 12.7. The Morgan fingerprint density at radius 1 is 0.462 bits per heavy atom. The Kier molecular flexibility index (Phi) is 25.7. The van der Waals surface area contributed by atoms with Gasteiger partial charge in [0.2, 0.25) is 29.3 Å². The number of hydrogen-bond acceptors (Lipinski definition) is 26. The fourth-order valence-electron chi connectivity index (χ4n) is 8.40. The van der Waals surface area contributed by atoms with Crippen LogP contribution < -0.4 is 45.9 Å². The van der Waals surface area contributed by atoms with Gasteiger partial charge in [0.05, 0.1) is 29.2 Å². The molecular weight excluding hydrogens is 1400 g/mol. The molecule has 0 spiro atoms. The molecule has 0 fully saturated rings. The van der Waals surface area contributed by atoms with Gasteiger partial charge in [-0.3, -0.25) is 15.4 Å². The largest absolute Gasteiger partial charge is 0.444 e. The van der Waals surface area contributed by atoms with E-state index in [-0.39, 0.29) is 28.9 Å². The number of nitrogens with one attached hydrogen (secondary N) is 4. The first-order valence-electron chi connectivity index (χ1n) is 31.3. The van der Waals surface area contributed by atoms with E-state index >= 15 is 0 Å². The van der Waals surface area contributed by atoms with Crippen molar-refractivity contribution in [2.24, 2.45) is 0 Å². The Labute approximate surface area is 607 Å². The van der Waals surface area contributed by atoms with Crippen LogP contribution in [0.25, 0.3) is 34.4 Å². The topological polar surface area (TPSA) is 382 Å². The molecular formula is C72H65ClF3N17O13. The van der Waals surface area contributed by atoms with Crippen LogP contribution in [0.3, 0.4) is 0 Å². The highest BCUT2D eigenvalue weighted by Crippen LogP contribution is 2.37. The van der Waals surface area contributed by atoms with Crippen molar-refractivity contribution in [1.82, 2.24) is 60.2 Å². The molecule has 106 heavy (non-hydrogen) atoms. The molecule has 30 nitrogen and oxygen atoms in total. The van der Waals surface area contributed by atoms with Gasteiger partial charge in [-0.25, -0.2) is 54.3 Å². The zero-order valence-corrected chi connectivity index (χ0v) is 58.2. The maximum absolute atomic E-state index is 13.0. The maximum Gasteiger partial charge on any atom is 0.417 e. The summed E-state index contributed by atoms with van der Waals surface area (Å²) < 4.78 is 87.3. The number of nitrogen functional groups attached to an aromatic ring is 1. The smallest absolute Gasteiger partial charge is 0.417 e. The first-order valence-corrected chi connectivity index (χ1v) is 31.7. The molecule has 544 valence electrons. The molecule has 0 unspecified atom stereocenters. The number of amides is 4. The third-order valence-corrected chi connectivity index (χ3v) is 13.1. The molecule has 12 aromatic rings. The number of benzene rings is 5. The van der Waals surface area contributed by atoms with E-state index in [0.717, 1.165) is 12.1 Å². The summed E-state index contributed by atoms with van der Waals surface area (Å²) >= 11 is 5.59. The van der Waals surface area contributed by atoms with Crippen molar-refractivity contribution in [3.8, 4) is 80.9 Å². The molecule has 5 aromatic carbocycles. The first-order chi connectivity index (χ1) is 50.6. The van der Waals surface area contributed by atoms with E-state index in [2.05, 4.69) is 76.6 Å². The Hall–Kier alpha value is -13.9. The lowest BCUT2D eigenvalue weighted by molar-refractivity contribution is -0.137. The van der Waals surface area contributed by atoms with Crippen LogP contribution in [0.2, 0.25) is 5.02 Å². The van der Waals surface area contributed by atoms with E-state index in [0.29, 0.717) is 91.9 Å². The van der Waals surface area contributed by atoms with Gasteiger partial charge in [-0.05, 0) is 108 Å². The highest BCUT2D eigenvalue weighted by molar-refractivity contribution is 6.31. The number of anilines is 5. The minimum Gasteiger partial charge on any atom is -0.444 e. The molecule has 34 heteroatoms.